The molecule has 5 nitrogen and oxygen atoms in total. The molecule has 0 atom stereocenters. The first-order valence-electron chi connectivity index (χ1n) is 6.80. The van der Waals surface area contributed by atoms with Crippen LogP contribution in [-0.2, 0) is 4.79 Å². The Kier molecular flexibility index (Phi) is 4.06. The van der Waals surface area contributed by atoms with Crippen LogP contribution in [0.3, 0.4) is 0 Å². The number of nitrogens with one attached hydrogen (secondary N) is 1. The first-order chi connectivity index (χ1) is 10.8. The number of rotatable bonds is 4. The normalized spacial score (nSPS) is 10.7. The molecule has 0 aliphatic carbocycles. The van der Waals surface area contributed by atoms with Crippen molar-refractivity contribution in [1.29, 1.82) is 0 Å². The maximum Gasteiger partial charge on any atom is 0.248 e. The number of carbonyl (C=O) groups is 1. The van der Waals surface area contributed by atoms with Crippen molar-refractivity contribution >= 4 is 17.7 Å². The molecule has 2 aromatic heterocycles. The highest BCUT2D eigenvalue weighted by Crippen LogP contribution is 2.10. The van der Waals surface area contributed by atoms with Gasteiger partial charge in [-0.2, -0.15) is 0 Å². The lowest BCUT2D eigenvalue weighted by atomic mass is 10.2. The summed E-state index contributed by atoms with van der Waals surface area (Å²) >= 11 is 0. The minimum atomic E-state index is -0.193. The Hall–Kier alpha value is -3.21. The molecule has 0 aliphatic rings. The molecule has 0 saturated carbocycles. The van der Waals surface area contributed by atoms with Gasteiger partial charge in [0.1, 0.15) is 12.1 Å². The molecule has 0 spiro atoms. The molecular formula is C17H14N4O. The van der Waals surface area contributed by atoms with Gasteiger partial charge < -0.3 is 5.32 Å². The average Bonchev–Trinajstić information content (AvgIpc) is 3.09. The molecule has 2 heterocycles. The summed E-state index contributed by atoms with van der Waals surface area (Å²) in [6, 6.07) is 13.3. The molecule has 0 unspecified atom stereocenters. The van der Waals surface area contributed by atoms with Gasteiger partial charge in [-0.15, -0.1) is 0 Å². The molecule has 1 N–H and O–H groups in total. The fourth-order valence-electron chi connectivity index (χ4n) is 1.93. The maximum absolute atomic E-state index is 11.9. The second kappa shape index (κ2) is 6.49. The van der Waals surface area contributed by atoms with Crippen molar-refractivity contribution < 1.29 is 4.79 Å². The fourth-order valence-corrected chi connectivity index (χ4v) is 1.93. The lowest BCUT2D eigenvalue weighted by molar-refractivity contribution is -0.111. The van der Waals surface area contributed by atoms with E-state index in [0.717, 1.165) is 11.4 Å². The van der Waals surface area contributed by atoms with E-state index < -0.39 is 0 Å². The minimum Gasteiger partial charge on any atom is -0.321 e. The predicted molar refractivity (Wildman–Crippen MR) is 85.5 cm³/mol. The van der Waals surface area contributed by atoms with Gasteiger partial charge in [0, 0.05) is 18.5 Å². The van der Waals surface area contributed by atoms with Crippen molar-refractivity contribution in [3.63, 3.8) is 0 Å². The topological polar surface area (TPSA) is 59.8 Å². The van der Waals surface area contributed by atoms with Gasteiger partial charge in [-0.3, -0.25) is 9.36 Å². The first-order valence-corrected chi connectivity index (χ1v) is 6.80. The lowest BCUT2D eigenvalue weighted by Crippen LogP contribution is -2.08. The zero-order chi connectivity index (χ0) is 15.2. The van der Waals surface area contributed by atoms with Crippen molar-refractivity contribution in [2.75, 3.05) is 5.32 Å². The van der Waals surface area contributed by atoms with Gasteiger partial charge in [0.25, 0.3) is 0 Å². The van der Waals surface area contributed by atoms with E-state index in [0.29, 0.717) is 5.69 Å². The summed E-state index contributed by atoms with van der Waals surface area (Å²) in [4.78, 5) is 20.1. The molecule has 22 heavy (non-hydrogen) atoms. The predicted octanol–water partition coefficient (Wildman–Crippen LogP) is 2.92. The zero-order valence-electron chi connectivity index (χ0n) is 11.8. The molecule has 108 valence electrons. The van der Waals surface area contributed by atoms with E-state index in [1.54, 1.807) is 35.4 Å². The summed E-state index contributed by atoms with van der Waals surface area (Å²) in [6.45, 7) is 0. The van der Waals surface area contributed by atoms with Crippen molar-refractivity contribution in [3.8, 4) is 5.82 Å². The van der Waals surface area contributed by atoms with Gasteiger partial charge in [0.2, 0.25) is 5.91 Å². The Bertz CT molecular complexity index is 762. The summed E-state index contributed by atoms with van der Waals surface area (Å²) in [7, 11) is 0. The Morgan fingerprint density at radius 1 is 1.14 bits per heavy atom. The minimum absolute atomic E-state index is 0.193. The molecule has 0 radical (unpaired) electrons. The van der Waals surface area contributed by atoms with Crippen LogP contribution in [0.2, 0.25) is 0 Å². The summed E-state index contributed by atoms with van der Waals surface area (Å²) in [5, 5.41) is 2.77. The molecule has 5 heteroatoms. The van der Waals surface area contributed by atoms with Crippen LogP contribution in [0.15, 0.2) is 73.5 Å². The van der Waals surface area contributed by atoms with E-state index in [4.69, 9.17) is 0 Å². The zero-order valence-corrected chi connectivity index (χ0v) is 11.8. The summed E-state index contributed by atoms with van der Waals surface area (Å²) < 4.78 is 1.79. The monoisotopic (exact) mass is 290 g/mol. The Morgan fingerprint density at radius 2 is 2.00 bits per heavy atom. The third-order valence-electron chi connectivity index (χ3n) is 3.01. The highest BCUT2D eigenvalue weighted by molar-refractivity contribution is 6.01. The lowest BCUT2D eigenvalue weighted by Gasteiger charge is -2.04. The van der Waals surface area contributed by atoms with E-state index in [2.05, 4.69) is 15.3 Å². The summed E-state index contributed by atoms with van der Waals surface area (Å²) in [6.07, 6.45) is 10.0. The van der Waals surface area contributed by atoms with Crippen LogP contribution in [0.5, 0.6) is 0 Å². The van der Waals surface area contributed by atoms with E-state index in [1.807, 2.05) is 42.6 Å². The van der Waals surface area contributed by atoms with Gasteiger partial charge in [-0.1, -0.05) is 30.3 Å². The van der Waals surface area contributed by atoms with Gasteiger partial charge in [0.05, 0.1) is 11.9 Å². The van der Waals surface area contributed by atoms with E-state index in [9.17, 15) is 4.79 Å². The highest BCUT2D eigenvalue weighted by atomic mass is 16.1. The van der Waals surface area contributed by atoms with Crippen LogP contribution >= 0.6 is 0 Å². The summed E-state index contributed by atoms with van der Waals surface area (Å²) in [5.41, 5.74) is 1.62. The number of aromatic nitrogens is 3. The van der Waals surface area contributed by atoms with E-state index >= 15 is 0 Å². The molecule has 0 saturated heterocycles. The molecule has 3 aromatic rings. The molecule has 0 aliphatic heterocycles. The molecule has 0 bridgehead atoms. The van der Waals surface area contributed by atoms with Gasteiger partial charge in [0.15, 0.2) is 0 Å². The van der Waals surface area contributed by atoms with Crippen molar-refractivity contribution in [1.82, 2.24) is 14.5 Å². The number of amides is 1. The number of nitrogens with zero attached hydrogens (tertiary/aromatic N) is 3. The van der Waals surface area contributed by atoms with Crippen LogP contribution < -0.4 is 5.32 Å². The standard InChI is InChI=1S/C17H14N4O/c22-17(9-6-14-4-2-1-3-5-14)20-15-7-8-16(19-12-15)21-11-10-18-13-21/h1-13H,(H,20,22). The third-order valence-corrected chi connectivity index (χ3v) is 3.01. The second-order valence-electron chi connectivity index (χ2n) is 4.61. The first kappa shape index (κ1) is 13.8. The SMILES string of the molecule is O=C(C=Cc1ccccc1)Nc1ccc(-n2ccnc2)nc1. The van der Waals surface area contributed by atoms with Gasteiger partial charge >= 0.3 is 0 Å². The maximum atomic E-state index is 11.9. The van der Waals surface area contributed by atoms with Crippen molar-refractivity contribution in [2.24, 2.45) is 0 Å². The van der Waals surface area contributed by atoms with Crippen LogP contribution in [0.4, 0.5) is 5.69 Å². The van der Waals surface area contributed by atoms with Crippen LogP contribution in [0.1, 0.15) is 5.56 Å². The largest absolute Gasteiger partial charge is 0.321 e. The number of hydrogen-bond acceptors (Lipinski definition) is 3. The van der Waals surface area contributed by atoms with Crippen molar-refractivity contribution in [2.45, 2.75) is 0 Å². The quantitative estimate of drug-likeness (QED) is 0.752. The molecule has 1 aromatic carbocycles. The highest BCUT2D eigenvalue weighted by Gasteiger charge is 2.00. The molecule has 0 fully saturated rings. The van der Waals surface area contributed by atoms with Crippen molar-refractivity contribution in [3.05, 3.63) is 79.0 Å². The average molecular weight is 290 g/mol. The van der Waals surface area contributed by atoms with E-state index in [1.165, 1.54) is 6.08 Å². The molecule has 1 amide bonds. The number of carbonyl (C=O) groups excluding carboxylic acids is 1. The number of pyridine rings is 1. The second-order valence-corrected chi connectivity index (χ2v) is 4.61. The number of benzene rings is 1. The number of imidazole rings is 1. The van der Waals surface area contributed by atoms with Gasteiger partial charge in [-0.25, -0.2) is 9.97 Å². The molecule has 3 rings (SSSR count). The van der Waals surface area contributed by atoms with Crippen LogP contribution in [0, 0.1) is 0 Å². The Labute approximate surface area is 128 Å². The Morgan fingerprint density at radius 3 is 2.68 bits per heavy atom. The Balaban J connectivity index is 1.63. The van der Waals surface area contributed by atoms with Crippen LogP contribution in [-0.4, -0.2) is 20.4 Å². The smallest absolute Gasteiger partial charge is 0.248 e. The number of hydrogen-bond donors (Lipinski definition) is 1. The summed E-state index contributed by atoms with van der Waals surface area (Å²) in [5.74, 6) is 0.552. The number of anilines is 1. The fraction of sp³-hybridized carbons (Fsp3) is 0. The molecular weight excluding hydrogens is 276 g/mol. The van der Waals surface area contributed by atoms with Crippen LogP contribution in [0.25, 0.3) is 11.9 Å². The van der Waals surface area contributed by atoms with E-state index in [-0.39, 0.29) is 5.91 Å². The van der Waals surface area contributed by atoms with Gasteiger partial charge in [-0.05, 0) is 23.8 Å². The third kappa shape index (κ3) is 3.46.